The van der Waals surface area contributed by atoms with Gasteiger partial charge in [-0.3, -0.25) is 4.57 Å². The van der Waals surface area contributed by atoms with Crippen molar-refractivity contribution >= 4 is 5.82 Å². The summed E-state index contributed by atoms with van der Waals surface area (Å²) < 4.78 is 16.6. The molecule has 0 bridgehead atoms. The molecule has 1 unspecified atom stereocenters. The molecule has 1 fully saturated rings. The van der Waals surface area contributed by atoms with E-state index in [-0.39, 0.29) is 5.82 Å². The molecule has 5 N–H and O–H groups in total. The standard InChI is InChI=1S/C13H21N3O7/c1-6-4-16(12(19)15-10(6)14)11-13(20,23-7(2)21-3)9(18)8(5-17)22-11/h4,7-9,11,17-18,20H,5H2,1-3H3,(H2,14,15,19)/t7?,8-,9-,11-,13+/m1/s1. The molecule has 23 heavy (non-hydrogen) atoms. The molecule has 10 heteroatoms. The van der Waals surface area contributed by atoms with Crippen LogP contribution < -0.4 is 11.4 Å². The molecule has 1 saturated heterocycles. The van der Waals surface area contributed by atoms with Crippen LogP contribution in [0.3, 0.4) is 0 Å². The minimum Gasteiger partial charge on any atom is -0.394 e. The van der Waals surface area contributed by atoms with Gasteiger partial charge in [0.05, 0.1) is 6.61 Å². The molecule has 0 aliphatic carbocycles. The summed E-state index contributed by atoms with van der Waals surface area (Å²) in [4.78, 5) is 15.7. The van der Waals surface area contributed by atoms with Gasteiger partial charge in [-0.25, -0.2) is 4.79 Å². The lowest BCUT2D eigenvalue weighted by Crippen LogP contribution is -2.52. The molecule has 0 amide bonds. The summed E-state index contributed by atoms with van der Waals surface area (Å²) in [5.41, 5.74) is 5.24. The highest BCUT2D eigenvalue weighted by molar-refractivity contribution is 5.35. The van der Waals surface area contributed by atoms with Gasteiger partial charge in [0.1, 0.15) is 18.0 Å². The summed E-state index contributed by atoms with van der Waals surface area (Å²) in [6, 6.07) is 0. The Kier molecular flexibility index (Phi) is 5.04. The smallest absolute Gasteiger partial charge is 0.351 e. The molecular formula is C13H21N3O7. The van der Waals surface area contributed by atoms with Crippen molar-refractivity contribution in [2.24, 2.45) is 0 Å². The number of methoxy groups -OCH3 is 1. The van der Waals surface area contributed by atoms with Crippen molar-refractivity contribution in [3.05, 3.63) is 22.2 Å². The first-order valence-electron chi connectivity index (χ1n) is 6.97. The molecule has 0 saturated carbocycles. The summed E-state index contributed by atoms with van der Waals surface area (Å²) in [6.45, 7) is 2.52. The van der Waals surface area contributed by atoms with Crippen LogP contribution in [0.4, 0.5) is 5.82 Å². The third-order valence-corrected chi connectivity index (χ3v) is 3.73. The number of hydrogen-bond donors (Lipinski definition) is 4. The molecular weight excluding hydrogens is 310 g/mol. The van der Waals surface area contributed by atoms with Crippen LogP contribution in [-0.2, 0) is 14.2 Å². The van der Waals surface area contributed by atoms with Crippen molar-refractivity contribution < 1.29 is 29.5 Å². The lowest BCUT2D eigenvalue weighted by atomic mass is 10.1. The summed E-state index contributed by atoms with van der Waals surface area (Å²) >= 11 is 0. The van der Waals surface area contributed by atoms with E-state index in [0.29, 0.717) is 5.56 Å². The van der Waals surface area contributed by atoms with Crippen LogP contribution in [0.1, 0.15) is 18.7 Å². The average Bonchev–Trinajstić information content (AvgIpc) is 2.75. The second kappa shape index (κ2) is 6.51. The van der Waals surface area contributed by atoms with E-state index in [0.717, 1.165) is 4.57 Å². The largest absolute Gasteiger partial charge is 0.394 e. The maximum Gasteiger partial charge on any atom is 0.351 e. The first-order chi connectivity index (χ1) is 10.7. The fourth-order valence-corrected chi connectivity index (χ4v) is 2.35. The zero-order valence-corrected chi connectivity index (χ0v) is 13.0. The van der Waals surface area contributed by atoms with E-state index >= 15 is 0 Å². The number of nitrogens with zero attached hydrogens (tertiary/aromatic N) is 2. The van der Waals surface area contributed by atoms with Crippen molar-refractivity contribution in [3.8, 4) is 0 Å². The van der Waals surface area contributed by atoms with Gasteiger partial charge in [-0.15, -0.1) is 0 Å². The van der Waals surface area contributed by atoms with Crippen molar-refractivity contribution in [2.75, 3.05) is 19.5 Å². The Morgan fingerprint density at radius 2 is 2.26 bits per heavy atom. The molecule has 0 spiro atoms. The first-order valence-corrected chi connectivity index (χ1v) is 6.97. The molecule has 0 aromatic carbocycles. The highest BCUT2D eigenvalue weighted by atomic mass is 16.8. The Hall–Kier alpha value is -1.56. The number of ether oxygens (including phenoxy) is 3. The Balaban J connectivity index is 2.49. The zero-order chi connectivity index (χ0) is 17.4. The summed E-state index contributed by atoms with van der Waals surface area (Å²) in [5.74, 6) is -2.28. The number of nitrogen functional groups attached to an aromatic ring is 1. The molecule has 2 heterocycles. The molecule has 2 rings (SSSR count). The van der Waals surface area contributed by atoms with Crippen molar-refractivity contribution in [2.45, 2.75) is 44.4 Å². The minimum absolute atomic E-state index is 0.0400. The van der Waals surface area contributed by atoms with Gasteiger partial charge in [-0.2, -0.15) is 4.98 Å². The van der Waals surface area contributed by atoms with Gasteiger partial charge in [0.15, 0.2) is 12.5 Å². The summed E-state index contributed by atoms with van der Waals surface area (Å²) in [6.07, 6.45) is -3.78. The van der Waals surface area contributed by atoms with Gasteiger partial charge in [0, 0.05) is 18.9 Å². The second-order valence-corrected chi connectivity index (χ2v) is 5.33. The van der Waals surface area contributed by atoms with E-state index in [2.05, 4.69) is 4.98 Å². The lowest BCUT2D eigenvalue weighted by Gasteiger charge is -2.33. The van der Waals surface area contributed by atoms with E-state index in [4.69, 9.17) is 19.9 Å². The molecule has 130 valence electrons. The molecule has 5 atom stereocenters. The van der Waals surface area contributed by atoms with Crippen molar-refractivity contribution in [1.29, 1.82) is 0 Å². The number of aromatic nitrogens is 2. The molecule has 1 aliphatic rings. The Morgan fingerprint density at radius 1 is 1.61 bits per heavy atom. The van der Waals surface area contributed by atoms with Gasteiger partial charge in [-0.05, 0) is 13.8 Å². The molecule has 1 aliphatic heterocycles. The SMILES string of the molecule is COC(C)O[C@@]1(O)[C@H](O)[C@@H](CO)O[C@H]1n1cc(C)c(N)nc1=O. The zero-order valence-electron chi connectivity index (χ0n) is 13.0. The predicted molar refractivity (Wildman–Crippen MR) is 77.2 cm³/mol. The molecule has 10 nitrogen and oxygen atoms in total. The van der Waals surface area contributed by atoms with E-state index in [1.165, 1.54) is 20.2 Å². The van der Waals surface area contributed by atoms with Crippen LogP contribution in [0, 0.1) is 6.92 Å². The number of aryl methyl sites for hydroxylation is 1. The van der Waals surface area contributed by atoms with Gasteiger partial charge in [0.25, 0.3) is 0 Å². The van der Waals surface area contributed by atoms with Crippen LogP contribution in [0.15, 0.2) is 11.0 Å². The van der Waals surface area contributed by atoms with Gasteiger partial charge in [-0.1, -0.05) is 0 Å². The van der Waals surface area contributed by atoms with E-state index in [1.54, 1.807) is 6.92 Å². The van der Waals surface area contributed by atoms with Crippen molar-refractivity contribution in [1.82, 2.24) is 9.55 Å². The van der Waals surface area contributed by atoms with E-state index in [1.807, 2.05) is 0 Å². The first kappa shape index (κ1) is 17.8. The number of rotatable bonds is 5. The second-order valence-electron chi connectivity index (χ2n) is 5.33. The van der Waals surface area contributed by atoms with Crippen LogP contribution in [0.2, 0.25) is 0 Å². The maximum atomic E-state index is 12.1. The van der Waals surface area contributed by atoms with Crippen LogP contribution in [0.5, 0.6) is 0 Å². The Morgan fingerprint density at radius 3 is 2.83 bits per heavy atom. The topological polar surface area (TPSA) is 149 Å². The Labute approximate surface area is 132 Å². The summed E-state index contributed by atoms with van der Waals surface area (Å²) in [5, 5.41) is 30.3. The molecule has 1 aromatic heterocycles. The maximum absolute atomic E-state index is 12.1. The number of aliphatic hydroxyl groups is 3. The van der Waals surface area contributed by atoms with Crippen molar-refractivity contribution in [3.63, 3.8) is 0 Å². The monoisotopic (exact) mass is 331 g/mol. The minimum atomic E-state index is -2.32. The highest BCUT2D eigenvalue weighted by Gasteiger charge is 2.58. The predicted octanol–water partition coefficient (Wildman–Crippen LogP) is -1.92. The van der Waals surface area contributed by atoms with Gasteiger partial charge >= 0.3 is 5.69 Å². The third-order valence-electron chi connectivity index (χ3n) is 3.73. The summed E-state index contributed by atoms with van der Waals surface area (Å²) in [7, 11) is 1.34. The molecule has 0 radical (unpaired) electrons. The fraction of sp³-hybridized carbons (Fsp3) is 0.692. The number of nitrogens with two attached hydrogens (primary N) is 1. The fourth-order valence-electron chi connectivity index (χ4n) is 2.35. The van der Waals surface area contributed by atoms with Crippen LogP contribution >= 0.6 is 0 Å². The molecule has 1 aromatic rings. The van der Waals surface area contributed by atoms with E-state index < -0.39 is 42.8 Å². The normalized spacial score (nSPS) is 32.2. The Bertz CT molecular complexity index is 622. The van der Waals surface area contributed by atoms with Gasteiger partial charge < -0.3 is 35.3 Å². The quantitative estimate of drug-likeness (QED) is 0.453. The van der Waals surface area contributed by atoms with E-state index in [9.17, 15) is 20.1 Å². The van der Waals surface area contributed by atoms with Gasteiger partial charge in [0.2, 0.25) is 5.79 Å². The van der Waals surface area contributed by atoms with Crippen LogP contribution in [-0.4, -0.2) is 62.9 Å². The number of hydrogen-bond acceptors (Lipinski definition) is 9. The average molecular weight is 331 g/mol. The number of aliphatic hydroxyl groups excluding tert-OH is 2. The third kappa shape index (κ3) is 3.09. The lowest BCUT2D eigenvalue weighted by molar-refractivity contribution is -0.330. The number of anilines is 1. The highest BCUT2D eigenvalue weighted by Crippen LogP contribution is 2.39. The van der Waals surface area contributed by atoms with Crippen LogP contribution in [0.25, 0.3) is 0 Å².